The second-order valence-corrected chi connectivity index (χ2v) is 10.1. The monoisotopic (exact) mass is 466 g/mol. The topological polar surface area (TPSA) is 96.7 Å². The minimum Gasteiger partial charge on any atom is -0.459 e. The third-order valence-electron chi connectivity index (χ3n) is 5.70. The molecular weight excluding hydrogens is 440 g/mol. The van der Waals surface area contributed by atoms with E-state index in [9.17, 15) is 18.0 Å². The highest BCUT2D eigenvalue weighted by atomic mass is 32.2. The van der Waals surface area contributed by atoms with Crippen LogP contribution in [0.2, 0.25) is 0 Å². The molecule has 1 aliphatic heterocycles. The van der Waals surface area contributed by atoms with Gasteiger partial charge in [-0.3, -0.25) is 9.59 Å². The Bertz CT molecular complexity index is 1210. The molecule has 1 aromatic heterocycles. The van der Waals surface area contributed by atoms with Crippen LogP contribution in [0.1, 0.15) is 51.3 Å². The first-order valence-electron chi connectivity index (χ1n) is 10.9. The van der Waals surface area contributed by atoms with Gasteiger partial charge in [0, 0.05) is 30.8 Å². The van der Waals surface area contributed by atoms with Crippen LogP contribution in [0, 0.1) is 0 Å². The molecule has 2 amide bonds. The first-order chi connectivity index (χ1) is 15.9. The highest BCUT2D eigenvalue weighted by Crippen LogP contribution is 2.20. The summed E-state index contributed by atoms with van der Waals surface area (Å²) in [6, 6.07) is 16.7. The Hall–Kier alpha value is -3.39. The second kappa shape index (κ2) is 10.0. The van der Waals surface area contributed by atoms with Crippen molar-refractivity contribution in [3.63, 3.8) is 0 Å². The lowest BCUT2D eigenvalue weighted by molar-refractivity contribution is 0.0724. The number of sulfone groups is 1. The van der Waals surface area contributed by atoms with Gasteiger partial charge >= 0.3 is 0 Å². The second-order valence-electron chi connectivity index (χ2n) is 8.08. The summed E-state index contributed by atoms with van der Waals surface area (Å²) in [5.74, 6) is -0.813. The van der Waals surface area contributed by atoms with Gasteiger partial charge in [-0.25, -0.2) is 8.42 Å². The molecule has 0 atom stereocenters. The molecule has 0 saturated carbocycles. The predicted molar refractivity (Wildman–Crippen MR) is 123 cm³/mol. The van der Waals surface area contributed by atoms with Crippen molar-refractivity contribution in [3.05, 3.63) is 89.4 Å². The van der Waals surface area contributed by atoms with Gasteiger partial charge in [-0.15, -0.1) is 0 Å². The van der Waals surface area contributed by atoms with Crippen molar-refractivity contribution < 1.29 is 22.4 Å². The van der Waals surface area contributed by atoms with Crippen molar-refractivity contribution in [3.8, 4) is 0 Å². The molecular formula is C25H26N2O5S. The molecule has 0 bridgehead atoms. The van der Waals surface area contributed by atoms with Gasteiger partial charge in [0.15, 0.2) is 15.6 Å². The Morgan fingerprint density at radius 1 is 0.909 bits per heavy atom. The number of likely N-dealkylation sites (tertiary alicyclic amines) is 1. The fourth-order valence-corrected chi connectivity index (χ4v) is 5.25. The maximum absolute atomic E-state index is 12.7. The van der Waals surface area contributed by atoms with Gasteiger partial charge in [0.2, 0.25) is 0 Å². The van der Waals surface area contributed by atoms with Crippen molar-refractivity contribution in [1.82, 2.24) is 10.2 Å². The SMILES string of the molecule is O=C(NCc1ccc(C(=O)N2CCCCC2)cc1)c1occc1CS(=O)(=O)c1ccccc1. The van der Waals surface area contributed by atoms with Crippen LogP contribution in [0.15, 0.2) is 76.2 Å². The molecule has 2 aromatic carbocycles. The summed E-state index contributed by atoms with van der Waals surface area (Å²) in [4.78, 5) is 27.3. The largest absolute Gasteiger partial charge is 0.459 e. The normalized spacial score (nSPS) is 14.1. The molecule has 8 heteroatoms. The Labute approximate surface area is 193 Å². The van der Waals surface area contributed by atoms with Crippen LogP contribution in [0.3, 0.4) is 0 Å². The van der Waals surface area contributed by atoms with Crippen molar-refractivity contribution in [2.75, 3.05) is 13.1 Å². The highest BCUT2D eigenvalue weighted by molar-refractivity contribution is 7.90. The summed E-state index contributed by atoms with van der Waals surface area (Å²) in [6.45, 7) is 1.81. The van der Waals surface area contributed by atoms with Crippen molar-refractivity contribution in [2.45, 2.75) is 36.5 Å². The number of nitrogens with one attached hydrogen (secondary N) is 1. The van der Waals surface area contributed by atoms with Gasteiger partial charge in [0.05, 0.1) is 16.9 Å². The first kappa shape index (κ1) is 22.8. The predicted octanol–water partition coefficient (Wildman–Crippen LogP) is 3.81. The van der Waals surface area contributed by atoms with Crippen LogP contribution >= 0.6 is 0 Å². The third-order valence-corrected chi connectivity index (χ3v) is 7.38. The van der Waals surface area contributed by atoms with Gasteiger partial charge in [0.25, 0.3) is 11.8 Å². The number of carbonyl (C=O) groups excluding carboxylic acids is 2. The number of nitrogens with zero attached hydrogens (tertiary/aromatic N) is 1. The Balaban J connectivity index is 1.37. The molecule has 1 N–H and O–H groups in total. The lowest BCUT2D eigenvalue weighted by Crippen LogP contribution is -2.35. The average Bonchev–Trinajstić information content (AvgIpc) is 3.31. The molecule has 2 heterocycles. The lowest BCUT2D eigenvalue weighted by atomic mass is 10.1. The molecule has 7 nitrogen and oxygen atoms in total. The molecule has 1 fully saturated rings. The lowest BCUT2D eigenvalue weighted by Gasteiger charge is -2.26. The van der Waals surface area contributed by atoms with E-state index in [0.717, 1.165) is 37.9 Å². The zero-order valence-electron chi connectivity index (χ0n) is 18.2. The molecule has 0 aliphatic carbocycles. The van der Waals surface area contributed by atoms with Crippen LogP contribution in [0.5, 0.6) is 0 Å². The van der Waals surface area contributed by atoms with Crippen LogP contribution in [0.25, 0.3) is 0 Å². The molecule has 172 valence electrons. The minimum atomic E-state index is -3.60. The zero-order chi connectivity index (χ0) is 23.3. The Morgan fingerprint density at radius 2 is 1.61 bits per heavy atom. The Morgan fingerprint density at radius 3 is 2.30 bits per heavy atom. The molecule has 0 spiro atoms. The van der Waals surface area contributed by atoms with E-state index in [0.29, 0.717) is 11.1 Å². The summed E-state index contributed by atoms with van der Waals surface area (Å²) in [5.41, 5.74) is 1.76. The fraction of sp³-hybridized carbons (Fsp3) is 0.280. The summed E-state index contributed by atoms with van der Waals surface area (Å²) in [6.07, 6.45) is 4.55. The highest BCUT2D eigenvalue weighted by Gasteiger charge is 2.22. The van der Waals surface area contributed by atoms with Crippen LogP contribution in [-0.2, 0) is 22.1 Å². The molecule has 1 saturated heterocycles. The molecule has 1 aliphatic rings. The van der Waals surface area contributed by atoms with Gasteiger partial charge < -0.3 is 14.6 Å². The average molecular weight is 467 g/mol. The number of benzene rings is 2. The standard InChI is InChI=1S/C25H26N2O5S/c28-24(23-21(13-16-32-23)18-33(30,31)22-7-3-1-4-8-22)26-17-19-9-11-20(12-10-19)25(29)27-14-5-2-6-15-27/h1,3-4,7-13,16H,2,5-6,14-15,17-18H2,(H,26,28). The van der Waals surface area contributed by atoms with Crippen LogP contribution in [-0.4, -0.2) is 38.2 Å². The van der Waals surface area contributed by atoms with Gasteiger partial charge in [-0.1, -0.05) is 30.3 Å². The third kappa shape index (κ3) is 5.51. The van der Waals surface area contributed by atoms with E-state index in [1.165, 1.54) is 24.5 Å². The van der Waals surface area contributed by atoms with Crippen molar-refractivity contribution >= 4 is 21.7 Å². The van der Waals surface area contributed by atoms with E-state index in [4.69, 9.17) is 4.42 Å². The Kier molecular flexibility index (Phi) is 6.93. The summed E-state index contributed by atoms with van der Waals surface area (Å²) in [5, 5.41) is 2.76. The van der Waals surface area contributed by atoms with Crippen LogP contribution in [0.4, 0.5) is 0 Å². The number of carbonyl (C=O) groups is 2. The molecule has 0 radical (unpaired) electrons. The van der Waals surface area contributed by atoms with E-state index in [1.807, 2.05) is 4.90 Å². The van der Waals surface area contributed by atoms with Crippen molar-refractivity contribution in [1.29, 1.82) is 0 Å². The minimum absolute atomic E-state index is 0.0218. The summed E-state index contributed by atoms with van der Waals surface area (Å²) in [7, 11) is -3.60. The number of rotatable bonds is 7. The van der Waals surface area contributed by atoms with E-state index >= 15 is 0 Å². The molecule has 0 unspecified atom stereocenters. The van der Waals surface area contributed by atoms with Crippen molar-refractivity contribution in [2.24, 2.45) is 0 Å². The van der Waals surface area contributed by atoms with E-state index in [2.05, 4.69) is 5.32 Å². The van der Waals surface area contributed by atoms with E-state index in [1.54, 1.807) is 42.5 Å². The number of furan rings is 1. The number of amides is 2. The number of hydrogen-bond acceptors (Lipinski definition) is 5. The summed E-state index contributed by atoms with van der Waals surface area (Å²) >= 11 is 0. The maximum Gasteiger partial charge on any atom is 0.287 e. The van der Waals surface area contributed by atoms with E-state index in [-0.39, 0.29) is 28.9 Å². The first-order valence-corrected chi connectivity index (χ1v) is 12.6. The molecule has 33 heavy (non-hydrogen) atoms. The molecule has 4 rings (SSSR count). The van der Waals surface area contributed by atoms with Gasteiger partial charge in [-0.2, -0.15) is 0 Å². The van der Waals surface area contributed by atoms with E-state index < -0.39 is 15.7 Å². The number of hydrogen-bond donors (Lipinski definition) is 1. The molecule has 3 aromatic rings. The quantitative estimate of drug-likeness (QED) is 0.571. The number of piperidine rings is 1. The zero-order valence-corrected chi connectivity index (χ0v) is 19.0. The van der Waals surface area contributed by atoms with Gasteiger partial charge in [0.1, 0.15) is 0 Å². The smallest absolute Gasteiger partial charge is 0.287 e. The van der Waals surface area contributed by atoms with Gasteiger partial charge in [-0.05, 0) is 55.2 Å². The maximum atomic E-state index is 12.7. The summed E-state index contributed by atoms with van der Waals surface area (Å²) < 4.78 is 30.6. The fourth-order valence-electron chi connectivity index (χ4n) is 3.87. The van der Waals surface area contributed by atoms with Crippen LogP contribution < -0.4 is 5.32 Å².